The summed E-state index contributed by atoms with van der Waals surface area (Å²) in [5.74, 6) is 1.19. The first-order valence-electron chi connectivity index (χ1n) is 19.9. The number of para-hydroxylation sites is 2. The molecule has 0 atom stereocenters. The summed E-state index contributed by atoms with van der Waals surface area (Å²) in [5.41, 5.74) is 19.9. The largest absolute Gasteiger partial charge is 0.309 e. The molecule has 0 amide bonds. The van der Waals surface area contributed by atoms with Gasteiger partial charge in [0, 0.05) is 27.6 Å². The van der Waals surface area contributed by atoms with Gasteiger partial charge in [-0.3, -0.25) is 4.99 Å². The Kier molecular flexibility index (Phi) is 8.14. The van der Waals surface area contributed by atoms with Crippen molar-refractivity contribution >= 4 is 40.2 Å². The van der Waals surface area contributed by atoms with Gasteiger partial charge in [-0.05, 0) is 105 Å². The van der Waals surface area contributed by atoms with Crippen molar-refractivity contribution in [1.82, 2.24) is 4.57 Å². The molecule has 0 spiro atoms. The first-order valence-corrected chi connectivity index (χ1v) is 19.9. The van der Waals surface area contributed by atoms with Crippen molar-refractivity contribution < 1.29 is 0 Å². The maximum atomic E-state index is 5.13. The highest BCUT2D eigenvalue weighted by Crippen LogP contribution is 2.44. The van der Waals surface area contributed by atoms with Gasteiger partial charge in [0.1, 0.15) is 0 Å². The third-order valence-electron chi connectivity index (χ3n) is 11.9. The quantitative estimate of drug-likeness (QED) is 0.120. The Hall–Kier alpha value is -7.43. The van der Waals surface area contributed by atoms with Gasteiger partial charge in [0.05, 0.1) is 17.6 Å². The minimum Gasteiger partial charge on any atom is -0.309 e. The molecule has 0 fully saturated rings. The third kappa shape index (κ3) is 5.72. The summed E-state index contributed by atoms with van der Waals surface area (Å²) in [6, 6.07) is 65.2. The highest BCUT2D eigenvalue weighted by Gasteiger charge is 2.24. The molecular formula is C54H38N4. The molecule has 8 aromatic carbocycles. The number of fused-ring (bicyclic) bond motifs is 9. The number of amidine groups is 2. The number of nitrogens with zero attached hydrogens (tertiary/aromatic N) is 4. The topological polar surface area (TPSA) is 42.0 Å². The molecule has 4 heteroatoms. The standard InChI is InChI=1S/C54H38N4/c1-55-53(35-13-4-2-5-14-35)57-54(36-15-6-3-7-16-36)56-34-41-18-12-17-40-32-43-30-38(25-28-46(43)52(40)41)37-24-27-45-42(29-37)31-39-23-26-44(33-49(39)45)58-50-21-10-8-19-47(50)48-20-9-11-22-51(48)58/h2-30,33H,1,31-32,34H2. The first kappa shape index (κ1) is 33.9. The summed E-state index contributed by atoms with van der Waals surface area (Å²) in [6.45, 7) is 4.32. The first-order chi connectivity index (χ1) is 28.7. The molecule has 0 bridgehead atoms. The van der Waals surface area contributed by atoms with Crippen LogP contribution in [0.25, 0.3) is 60.9 Å². The van der Waals surface area contributed by atoms with E-state index in [0.29, 0.717) is 18.2 Å². The highest BCUT2D eigenvalue weighted by atomic mass is 15.0. The van der Waals surface area contributed by atoms with Crippen LogP contribution in [0.1, 0.15) is 38.9 Å². The fourth-order valence-electron chi connectivity index (χ4n) is 9.16. The van der Waals surface area contributed by atoms with Crippen LogP contribution in [0, 0.1) is 0 Å². The van der Waals surface area contributed by atoms with Crippen LogP contribution in [-0.4, -0.2) is 23.0 Å². The number of hydrogen-bond acceptors (Lipinski definition) is 1. The summed E-state index contributed by atoms with van der Waals surface area (Å²) >= 11 is 0. The summed E-state index contributed by atoms with van der Waals surface area (Å²) < 4.78 is 2.41. The molecule has 0 saturated carbocycles. The van der Waals surface area contributed by atoms with Gasteiger partial charge in [0.15, 0.2) is 11.7 Å². The molecule has 1 heterocycles. The Bertz CT molecular complexity index is 3100. The molecule has 0 N–H and O–H groups in total. The highest BCUT2D eigenvalue weighted by molar-refractivity contribution is 6.13. The van der Waals surface area contributed by atoms with E-state index in [2.05, 4.69) is 138 Å². The zero-order valence-electron chi connectivity index (χ0n) is 31.9. The monoisotopic (exact) mass is 742 g/mol. The number of rotatable bonds is 6. The second-order valence-corrected chi connectivity index (χ2v) is 15.2. The van der Waals surface area contributed by atoms with Crippen molar-refractivity contribution in [2.45, 2.75) is 19.4 Å². The number of aromatic nitrogens is 1. The lowest BCUT2D eigenvalue weighted by Gasteiger charge is -2.11. The summed E-state index contributed by atoms with van der Waals surface area (Å²) in [4.78, 5) is 14.4. The van der Waals surface area contributed by atoms with Gasteiger partial charge in [-0.25, -0.2) is 9.98 Å². The van der Waals surface area contributed by atoms with Gasteiger partial charge in [0.2, 0.25) is 0 Å². The van der Waals surface area contributed by atoms with E-state index < -0.39 is 0 Å². The maximum Gasteiger partial charge on any atom is 0.161 e. The van der Waals surface area contributed by atoms with Crippen molar-refractivity contribution in [3.05, 3.63) is 221 Å². The summed E-state index contributed by atoms with van der Waals surface area (Å²) in [6.07, 6.45) is 1.84. The van der Waals surface area contributed by atoms with Crippen LogP contribution < -0.4 is 0 Å². The van der Waals surface area contributed by atoms with Gasteiger partial charge in [-0.2, -0.15) is 0 Å². The van der Waals surface area contributed by atoms with Gasteiger partial charge < -0.3 is 4.57 Å². The summed E-state index contributed by atoms with van der Waals surface area (Å²) in [5, 5.41) is 2.57. The fraction of sp³-hybridized carbons (Fsp3) is 0.0556. The second kappa shape index (κ2) is 13.9. The molecule has 274 valence electrons. The van der Waals surface area contributed by atoms with E-state index in [0.717, 1.165) is 24.0 Å². The summed E-state index contributed by atoms with van der Waals surface area (Å²) in [7, 11) is 0. The Morgan fingerprint density at radius 2 is 1.09 bits per heavy atom. The van der Waals surface area contributed by atoms with Crippen LogP contribution in [0.4, 0.5) is 0 Å². The van der Waals surface area contributed by atoms with E-state index in [1.807, 2.05) is 60.7 Å². The van der Waals surface area contributed by atoms with Crippen molar-refractivity contribution in [2.24, 2.45) is 15.0 Å². The number of aliphatic imine (C=N–C) groups is 3. The third-order valence-corrected chi connectivity index (χ3v) is 11.9. The molecule has 0 aliphatic heterocycles. The lowest BCUT2D eigenvalue weighted by Crippen LogP contribution is -2.05. The normalized spacial score (nSPS) is 13.0. The zero-order chi connectivity index (χ0) is 38.6. The van der Waals surface area contributed by atoms with Crippen molar-refractivity contribution in [1.29, 1.82) is 0 Å². The predicted octanol–water partition coefficient (Wildman–Crippen LogP) is 12.7. The van der Waals surface area contributed by atoms with Crippen LogP contribution in [-0.2, 0) is 19.4 Å². The van der Waals surface area contributed by atoms with Gasteiger partial charge in [-0.1, -0.05) is 158 Å². The minimum atomic E-state index is 0.501. The minimum absolute atomic E-state index is 0.501. The van der Waals surface area contributed by atoms with E-state index >= 15 is 0 Å². The van der Waals surface area contributed by atoms with E-state index in [-0.39, 0.29) is 0 Å². The average molecular weight is 743 g/mol. The number of hydrogen-bond donors (Lipinski definition) is 0. The molecule has 58 heavy (non-hydrogen) atoms. The van der Waals surface area contributed by atoms with E-state index in [1.165, 1.54) is 88.7 Å². The second-order valence-electron chi connectivity index (χ2n) is 15.2. The molecule has 2 aliphatic carbocycles. The molecule has 0 radical (unpaired) electrons. The van der Waals surface area contributed by atoms with Crippen molar-refractivity contribution in [3.63, 3.8) is 0 Å². The zero-order valence-corrected chi connectivity index (χ0v) is 31.9. The van der Waals surface area contributed by atoms with Crippen LogP contribution in [0.2, 0.25) is 0 Å². The Morgan fingerprint density at radius 1 is 0.483 bits per heavy atom. The molecule has 9 aromatic rings. The van der Waals surface area contributed by atoms with Crippen molar-refractivity contribution in [2.75, 3.05) is 0 Å². The lowest BCUT2D eigenvalue weighted by molar-refractivity contribution is 1.06. The molecule has 0 saturated heterocycles. The molecule has 11 rings (SSSR count). The molecule has 4 nitrogen and oxygen atoms in total. The Labute approximate surface area is 337 Å². The SMILES string of the molecule is C=NC(=NC(=NCc1cccc2c1-c1ccc(-c3ccc4c(c3)Cc3ccc(-n5c6ccccc6c6ccccc65)cc3-4)cc1C2)c1ccccc1)c1ccccc1. The van der Waals surface area contributed by atoms with Crippen LogP contribution >= 0.6 is 0 Å². The molecular weight excluding hydrogens is 705 g/mol. The molecule has 2 aliphatic rings. The number of benzene rings is 8. The van der Waals surface area contributed by atoms with Crippen LogP contribution in [0.5, 0.6) is 0 Å². The average Bonchev–Trinajstić information content (AvgIpc) is 3.96. The van der Waals surface area contributed by atoms with Crippen LogP contribution in [0.3, 0.4) is 0 Å². The van der Waals surface area contributed by atoms with Gasteiger partial charge >= 0.3 is 0 Å². The van der Waals surface area contributed by atoms with Crippen molar-refractivity contribution in [3.8, 4) is 39.1 Å². The lowest BCUT2D eigenvalue weighted by atomic mass is 9.95. The Morgan fingerprint density at radius 3 is 1.78 bits per heavy atom. The molecule has 1 aromatic heterocycles. The Balaban J connectivity index is 0.903. The van der Waals surface area contributed by atoms with E-state index in [1.54, 1.807) is 0 Å². The van der Waals surface area contributed by atoms with Crippen LogP contribution in [0.15, 0.2) is 197 Å². The fourth-order valence-corrected chi connectivity index (χ4v) is 9.16. The van der Waals surface area contributed by atoms with Gasteiger partial charge in [0.25, 0.3) is 0 Å². The predicted molar refractivity (Wildman–Crippen MR) is 242 cm³/mol. The van der Waals surface area contributed by atoms with Gasteiger partial charge in [-0.15, -0.1) is 0 Å². The van der Waals surface area contributed by atoms with E-state index in [4.69, 9.17) is 9.98 Å². The molecule has 0 unspecified atom stereocenters. The smallest absolute Gasteiger partial charge is 0.161 e. The van der Waals surface area contributed by atoms with E-state index in [9.17, 15) is 0 Å². The maximum absolute atomic E-state index is 5.13.